The van der Waals surface area contributed by atoms with Crippen molar-refractivity contribution < 1.29 is 22.7 Å². The van der Waals surface area contributed by atoms with Gasteiger partial charge in [0.2, 0.25) is 15.9 Å². The van der Waals surface area contributed by atoms with Gasteiger partial charge in [0, 0.05) is 24.9 Å². The molecule has 2 saturated heterocycles. The van der Waals surface area contributed by atoms with E-state index in [-0.39, 0.29) is 39.9 Å². The minimum atomic E-state index is -3.84. The topological polar surface area (TPSA) is 84.0 Å². The minimum absolute atomic E-state index is 0.0830. The van der Waals surface area contributed by atoms with Gasteiger partial charge in [0.1, 0.15) is 6.04 Å². The van der Waals surface area contributed by atoms with Crippen LogP contribution in [0.3, 0.4) is 0 Å². The maximum Gasteiger partial charge on any atom is 0.309 e. The van der Waals surface area contributed by atoms with Crippen LogP contribution in [-0.4, -0.2) is 67.0 Å². The molecule has 2 aliphatic heterocycles. The Morgan fingerprint density at radius 3 is 2.25 bits per heavy atom. The number of hydrogen-bond acceptors (Lipinski definition) is 6. The Kier molecular flexibility index (Phi) is 7.62. The lowest BCUT2D eigenvalue weighted by molar-refractivity contribution is -0.151. The summed E-state index contributed by atoms with van der Waals surface area (Å²) >= 11 is 4.49. The summed E-state index contributed by atoms with van der Waals surface area (Å²) in [5.41, 5.74) is 0.961. The number of benzene rings is 1. The Hall–Kier alpha value is -1.58. The summed E-state index contributed by atoms with van der Waals surface area (Å²) in [6, 6.07) is 6.13. The highest BCUT2D eigenvalue weighted by Gasteiger charge is 2.45. The second-order valence-corrected chi connectivity index (χ2v) is 12.2. The van der Waals surface area contributed by atoms with Crippen molar-refractivity contribution in [2.24, 2.45) is 5.92 Å². The van der Waals surface area contributed by atoms with Gasteiger partial charge < -0.3 is 9.64 Å². The van der Waals surface area contributed by atoms with Gasteiger partial charge in [-0.3, -0.25) is 9.59 Å². The first-order valence-corrected chi connectivity index (χ1v) is 13.2. The molecule has 3 rings (SSSR count). The highest BCUT2D eigenvalue weighted by molar-refractivity contribution is 7.89. The average Bonchev–Trinajstić information content (AvgIpc) is 3.15. The van der Waals surface area contributed by atoms with Crippen LogP contribution < -0.4 is 0 Å². The SMILES string of the molecule is CCOC(=O)C1CCN(C(=O)[C@@H]2C[C@H](S)CN2S(=O)(=O)c2ccc(C(C)(C)C)cc2)CC1. The van der Waals surface area contributed by atoms with E-state index in [1.165, 1.54) is 4.31 Å². The third-order valence-electron chi connectivity index (χ3n) is 6.27. The molecule has 1 aromatic carbocycles. The molecule has 1 aromatic rings. The molecule has 9 heteroatoms. The summed E-state index contributed by atoms with van der Waals surface area (Å²) in [6.45, 7) is 9.37. The van der Waals surface area contributed by atoms with Crippen LogP contribution in [0.25, 0.3) is 0 Å². The Labute approximate surface area is 196 Å². The van der Waals surface area contributed by atoms with E-state index in [1.807, 2.05) is 12.1 Å². The first kappa shape index (κ1) is 25.1. The van der Waals surface area contributed by atoms with Crippen molar-refractivity contribution in [2.45, 2.75) is 68.6 Å². The molecule has 0 unspecified atom stereocenters. The number of carbonyl (C=O) groups is 2. The summed E-state index contributed by atoms with van der Waals surface area (Å²) in [7, 11) is -3.84. The van der Waals surface area contributed by atoms with Crippen molar-refractivity contribution in [3.63, 3.8) is 0 Å². The summed E-state index contributed by atoms with van der Waals surface area (Å²) in [4.78, 5) is 27.1. The van der Waals surface area contributed by atoms with Gasteiger partial charge in [-0.05, 0) is 49.3 Å². The highest BCUT2D eigenvalue weighted by atomic mass is 32.2. The second kappa shape index (κ2) is 9.73. The van der Waals surface area contributed by atoms with Crippen LogP contribution in [0.4, 0.5) is 0 Å². The van der Waals surface area contributed by atoms with Crippen molar-refractivity contribution >= 4 is 34.5 Å². The highest BCUT2D eigenvalue weighted by Crippen LogP contribution is 2.32. The van der Waals surface area contributed by atoms with E-state index in [0.29, 0.717) is 39.0 Å². The van der Waals surface area contributed by atoms with Crippen LogP contribution in [0.1, 0.15) is 52.5 Å². The van der Waals surface area contributed by atoms with Gasteiger partial charge in [-0.2, -0.15) is 16.9 Å². The summed E-state index contributed by atoms with van der Waals surface area (Å²) in [6.07, 6.45) is 1.43. The zero-order chi connectivity index (χ0) is 23.7. The third kappa shape index (κ3) is 5.31. The normalized spacial score (nSPS) is 23.3. The van der Waals surface area contributed by atoms with Crippen LogP contribution in [0.2, 0.25) is 0 Å². The lowest BCUT2D eigenvalue weighted by atomic mass is 9.87. The molecule has 2 heterocycles. The first-order valence-electron chi connectivity index (χ1n) is 11.2. The first-order chi connectivity index (χ1) is 14.9. The number of rotatable bonds is 5. The molecule has 0 N–H and O–H groups in total. The predicted molar refractivity (Wildman–Crippen MR) is 126 cm³/mol. The number of thiol groups is 1. The number of amides is 1. The van der Waals surface area contributed by atoms with Crippen LogP contribution >= 0.6 is 12.6 Å². The maximum atomic E-state index is 13.4. The number of nitrogens with zero attached hydrogens (tertiary/aromatic N) is 2. The minimum Gasteiger partial charge on any atom is -0.466 e. The molecule has 0 saturated carbocycles. The van der Waals surface area contributed by atoms with Gasteiger partial charge in [-0.15, -0.1) is 0 Å². The van der Waals surface area contributed by atoms with E-state index in [9.17, 15) is 18.0 Å². The number of ether oxygens (including phenoxy) is 1. The zero-order valence-electron chi connectivity index (χ0n) is 19.3. The standard InChI is InChI=1S/C23H34N2O5S2/c1-5-30-22(27)16-10-12-24(13-11-16)21(26)20-14-18(31)15-25(20)32(28,29)19-8-6-17(7-9-19)23(2,3)4/h6-9,16,18,20,31H,5,10-15H2,1-4H3/t18-,20-/m0/s1. The molecular weight excluding hydrogens is 448 g/mol. The van der Waals surface area contributed by atoms with Gasteiger partial charge in [-0.1, -0.05) is 32.9 Å². The molecule has 2 fully saturated rings. The van der Waals surface area contributed by atoms with Crippen LogP contribution in [0.15, 0.2) is 29.2 Å². The second-order valence-electron chi connectivity index (χ2n) is 9.61. The number of esters is 1. The molecule has 2 atom stereocenters. The van der Waals surface area contributed by atoms with E-state index < -0.39 is 16.1 Å². The van der Waals surface area contributed by atoms with Crippen LogP contribution in [-0.2, 0) is 29.8 Å². The Balaban J connectivity index is 1.74. The van der Waals surface area contributed by atoms with Gasteiger partial charge in [-0.25, -0.2) is 8.42 Å². The number of sulfonamides is 1. The third-order valence-corrected chi connectivity index (χ3v) is 8.54. The summed E-state index contributed by atoms with van der Waals surface area (Å²) < 4.78 is 33.2. The zero-order valence-corrected chi connectivity index (χ0v) is 21.0. The quantitative estimate of drug-likeness (QED) is 0.515. The molecule has 7 nitrogen and oxygen atoms in total. The van der Waals surface area contributed by atoms with Crippen LogP contribution in [0, 0.1) is 5.92 Å². The smallest absolute Gasteiger partial charge is 0.309 e. The molecule has 178 valence electrons. The van der Waals surface area contributed by atoms with E-state index in [0.717, 1.165) is 5.56 Å². The Morgan fingerprint density at radius 2 is 1.72 bits per heavy atom. The molecule has 0 radical (unpaired) electrons. The van der Waals surface area contributed by atoms with Crippen molar-refractivity contribution in [3.05, 3.63) is 29.8 Å². The lowest BCUT2D eigenvalue weighted by Gasteiger charge is -2.34. The fourth-order valence-electron chi connectivity index (χ4n) is 4.34. The fourth-order valence-corrected chi connectivity index (χ4v) is 6.47. The van der Waals surface area contributed by atoms with Crippen molar-refractivity contribution in [3.8, 4) is 0 Å². The van der Waals surface area contributed by atoms with Crippen molar-refractivity contribution in [2.75, 3.05) is 26.2 Å². The van der Waals surface area contributed by atoms with E-state index >= 15 is 0 Å². The average molecular weight is 483 g/mol. The van der Waals surface area contributed by atoms with Gasteiger partial charge in [0.05, 0.1) is 17.4 Å². The van der Waals surface area contributed by atoms with Crippen LogP contribution in [0.5, 0.6) is 0 Å². The van der Waals surface area contributed by atoms with Crippen molar-refractivity contribution in [1.82, 2.24) is 9.21 Å². The monoisotopic (exact) mass is 482 g/mol. The van der Waals surface area contributed by atoms with E-state index in [4.69, 9.17) is 4.74 Å². The molecular formula is C23H34N2O5S2. The molecule has 1 amide bonds. The number of likely N-dealkylation sites (tertiary alicyclic amines) is 1. The van der Waals surface area contributed by atoms with E-state index in [1.54, 1.807) is 24.0 Å². The fraction of sp³-hybridized carbons (Fsp3) is 0.652. The van der Waals surface area contributed by atoms with Gasteiger partial charge >= 0.3 is 5.97 Å². The number of piperidine rings is 1. The van der Waals surface area contributed by atoms with Crippen molar-refractivity contribution in [1.29, 1.82) is 0 Å². The molecule has 0 aliphatic carbocycles. The maximum absolute atomic E-state index is 13.4. The summed E-state index contributed by atoms with van der Waals surface area (Å²) in [5, 5.41) is -0.204. The molecule has 0 aromatic heterocycles. The van der Waals surface area contributed by atoms with E-state index in [2.05, 4.69) is 33.4 Å². The number of carbonyl (C=O) groups excluding carboxylic acids is 2. The Bertz CT molecular complexity index is 932. The molecule has 2 aliphatic rings. The predicted octanol–water partition coefficient (Wildman–Crippen LogP) is 2.85. The lowest BCUT2D eigenvalue weighted by Crippen LogP contribution is -2.50. The molecule has 0 spiro atoms. The van der Waals surface area contributed by atoms with Gasteiger partial charge in [0.15, 0.2) is 0 Å². The molecule has 0 bridgehead atoms. The summed E-state index contributed by atoms with van der Waals surface area (Å²) in [5.74, 6) is -0.640. The Morgan fingerprint density at radius 1 is 1.12 bits per heavy atom. The van der Waals surface area contributed by atoms with Gasteiger partial charge in [0.25, 0.3) is 0 Å². The number of hydrogen-bond donors (Lipinski definition) is 1. The molecule has 32 heavy (non-hydrogen) atoms. The largest absolute Gasteiger partial charge is 0.466 e.